The maximum atomic E-state index is 12.6. The number of benzene rings is 1. The molecule has 0 bridgehead atoms. The monoisotopic (exact) mass is 461 g/mol. The van der Waals surface area contributed by atoms with E-state index in [4.69, 9.17) is 0 Å². The molecular weight excluding hydrogens is 442 g/mol. The van der Waals surface area contributed by atoms with Crippen molar-refractivity contribution in [2.75, 3.05) is 18.4 Å². The second-order valence-electron chi connectivity index (χ2n) is 6.67. The van der Waals surface area contributed by atoms with Gasteiger partial charge in [-0.25, -0.2) is 23.1 Å². The number of anilines is 1. The smallest absolute Gasteiger partial charge is 0.280 e. The van der Waals surface area contributed by atoms with Crippen LogP contribution in [0.5, 0.6) is 0 Å². The molecular formula is C18H19N7O6S. The summed E-state index contributed by atoms with van der Waals surface area (Å²) in [7, 11) is -4.23. The van der Waals surface area contributed by atoms with E-state index < -0.39 is 36.1 Å². The van der Waals surface area contributed by atoms with Gasteiger partial charge in [0.1, 0.15) is 23.0 Å². The van der Waals surface area contributed by atoms with Crippen LogP contribution in [0.1, 0.15) is 11.4 Å². The lowest BCUT2D eigenvalue weighted by Crippen LogP contribution is -2.29. The Balaban J connectivity index is 1.71. The first-order valence-electron chi connectivity index (χ1n) is 9.24. The van der Waals surface area contributed by atoms with Crippen LogP contribution in [-0.2, 0) is 10.0 Å². The Morgan fingerprint density at radius 1 is 0.969 bits per heavy atom. The van der Waals surface area contributed by atoms with Gasteiger partial charge in [0.15, 0.2) is 0 Å². The zero-order valence-electron chi connectivity index (χ0n) is 17.0. The molecule has 14 heteroatoms. The van der Waals surface area contributed by atoms with Crippen LogP contribution >= 0.6 is 0 Å². The summed E-state index contributed by atoms with van der Waals surface area (Å²) >= 11 is 0. The molecule has 0 aliphatic heterocycles. The average Bonchev–Trinajstić information content (AvgIpc) is 3.25. The molecule has 0 aliphatic rings. The topological polar surface area (TPSA) is 175 Å². The summed E-state index contributed by atoms with van der Waals surface area (Å²) in [6.07, 6.45) is 3.64. The molecule has 2 N–H and O–H groups in total. The van der Waals surface area contributed by atoms with Crippen LogP contribution in [0.3, 0.4) is 0 Å². The van der Waals surface area contributed by atoms with Crippen LogP contribution < -0.4 is 10.0 Å². The van der Waals surface area contributed by atoms with E-state index >= 15 is 0 Å². The van der Waals surface area contributed by atoms with E-state index in [1.165, 1.54) is 6.92 Å². The van der Waals surface area contributed by atoms with Crippen molar-refractivity contribution in [3.05, 3.63) is 74.3 Å². The van der Waals surface area contributed by atoms with E-state index in [9.17, 15) is 28.6 Å². The van der Waals surface area contributed by atoms with Crippen molar-refractivity contribution in [2.24, 2.45) is 0 Å². The van der Waals surface area contributed by atoms with Crippen molar-refractivity contribution < 1.29 is 18.3 Å². The zero-order chi connectivity index (χ0) is 23.5. The maximum Gasteiger partial charge on any atom is 0.280 e. The minimum absolute atomic E-state index is 0.0975. The zero-order valence-corrected chi connectivity index (χ0v) is 17.9. The summed E-state index contributed by atoms with van der Waals surface area (Å²) in [4.78, 5) is 28.6. The first kappa shape index (κ1) is 22.8. The molecule has 3 rings (SSSR count). The first-order chi connectivity index (χ1) is 15.1. The molecule has 168 valence electrons. The molecule has 13 nitrogen and oxygen atoms in total. The third kappa shape index (κ3) is 5.04. The van der Waals surface area contributed by atoms with E-state index in [2.05, 4.69) is 20.0 Å². The molecule has 0 saturated carbocycles. The van der Waals surface area contributed by atoms with Gasteiger partial charge >= 0.3 is 0 Å². The Bertz CT molecular complexity index is 1240. The van der Waals surface area contributed by atoms with Gasteiger partial charge in [-0.3, -0.25) is 20.2 Å². The number of aryl methyl sites for hydroxylation is 1. The number of sulfonamides is 1. The lowest BCUT2D eigenvalue weighted by molar-refractivity contribution is -0.395. The fourth-order valence-electron chi connectivity index (χ4n) is 2.91. The van der Waals surface area contributed by atoms with E-state index in [1.807, 2.05) is 24.5 Å². The second kappa shape index (κ2) is 9.07. The summed E-state index contributed by atoms with van der Waals surface area (Å²) in [6, 6.07) is 6.98. The Kier molecular flexibility index (Phi) is 6.45. The molecule has 0 radical (unpaired) electrons. The molecule has 1 aromatic carbocycles. The van der Waals surface area contributed by atoms with Crippen LogP contribution in [0.2, 0.25) is 0 Å². The highest BCUT2D eigenvalue weighted by molar-refractivity contribution is 7.89. The Labute approximate surface area is 182 Å². The van der Waals surface area contributed by atoms with E-state index in [0.29, 0.717) is 17.5 Å². The molecule has 2 aromatic heterocycles. The number of nitro groups is 2. The third-order valence-corrected chi connectivity index (χ3v) is 5.89. The number of hydrogen-bond acceptors (Lipinski definition) is 9. The van der Waals surface area contributed by atoms with Crippen molar-refractivity contribution >= 4 is 27.2 Å². The van der Waals surface area contributed by atoms with Gasteiger partial charge in [0.25, 0.3) is 11.4 Å². The molecule has 0 spiro atoms. The summed E-state index contributed by atoms with van der Waals surface area (Å²) in [6.45, 7) is 2.95. The number of nitrogens with one attached hydrogen (secondary N) is 2. The summed E-state index contributed by atoms with van der Waals surface area (Å²) in [5.74, 6) is 1.62. The van der Waals surface area contributed by atoms with Crippen LogP contribution in [0, 0.1) is 34.1 Å². The highest BCUT2D eigenvalue weighted by Crippen LogP contribution is 2.31. The fourth-order valence-corrected chi connectivity index (χ4v) is 3.99. The van der Waals surface area contributed by atoms with E-state index in [0.717, 1.165) is 12.1 Å². The standard InChI is InChI=1S/C18H19N7O6S/c1-12-15(24(26)27)9-14(10-16(12)25(28)29)32(30,31)20-6-5-19-17-11-18(22-13(2)21-17)23-7-3-4-8-23/h3-4,7-11,20H,5-6H2,1-2H3,(H,19,21,22). The quantitative estimate of drug-likeness (QED) is 0.274. The van der Waals surface area contributed by atoms with Gasteiger partial charge in [0.2, 0.25) is 10.0 Å². The van der Waals surface area contributed by atoms with Gasteiger partial charge in [-0.2, -0.15) is 0 Å². The normalized spacial score (nSPS) is 11.3. The van der Waals surface area contributed by atoms with Gasteiger partial charge < -0.3 is 9.88 Å². The molecule has 2 heterocycles. The minimum Gasteiger partial charge on any atom is -0.369 e. The average molecular weight is 461 g/mol. The van der Waals surface area contributed by atoms with Gasteiger partial charge in [0.05, 0.1) is 14.7 Å². The fraction of sp³-hybridized carbons (Fsp3) is 0.222. The third-order valence-electron chi connectivity index (χ3n) is 4.45. The van der Waals surface area contributed by atoms with Gasteiger partial charge in [-0.1, -0.05) is 0 Å². The molecule has 0 saturated heterocycles. The number of nitro benzene ring substituents is 2. The number of rotatable bonds is 9. The molecule has 32 heavy (non-hydrogen) atoms. The predicted molar refractivity (Wildman–Crippen MR) is 114 cm³/mol. The van der Waals surface area contributed by atoms with Crippen LogP contribution in [-0.4, -0.2) is 45.9 Å². The summed E-state index contributed by atoms with van der Waals surface area (Å²) in [5, 5.41) is 25.3. The Morgan fingerprint density at radius 3 is 2.12 bits per heavy atom. The molecule has 0 aliphatic carbocycles. The van der Waals surface area contributed by atoms with Gasteiger partial charge in [0, 0.05) is 43.7 Å². The molecule has 0 fully saturated rings. The van der Waals surface area contributed by atoms with E-state index in [-0.39, 0.29) is 18.7 Å². The number of nitrogens with zero attached hydrogens (tertiary/aromatic N) is 5. The summed E-state index contributed by atoms with van der Waals surface area (Å²) < 4.78 is 29.2. The van der Waals surface area contributed by atoms with Gasteiger partial charge in [-0.15, -0.1) is 0 Å². The maximum absolute atomic E-state index is 12.6. The lowest BCUT2D eigenvalue weighted by atomic mass is 10.1. The predicted octanol–water partition coefficient (Wildman–Crippen LogP) is 2.09. The highest BCUT2D eigenvalue weighted by atomic mass is 32.2. The SMILES string of the molecule is Cc1nc(NCCNS(=O)(=O)c2cc([N+](=O)[O-])c(C)c([N+](=O)[O-])c2)cc(-n2cccc2)n1. The van der Waals surface area contributed by atoms with Crippen molar-refractivity contribution in [1.29, 1.82) is 0 Å². The van der Waals surface area contributed by atoms with Gasteiger partial charge in [-0.05, 0) is 26.0 Å². The van der Waals surface area contributed by atoms with E-state index in [1.54, 1.807) is 17.6 Å². The molecule has 3 aromatic rings. The van der Waals surface area contributed by atoms with Crippen LogP contribution in [0.25, 0.3) is 5.82 Å². The molecule has 0 atom stereocenters. The van der Waals surface area contributed by atoms with Crippen LogP contribution in [0.15, 0.2) is 47.6 Å². The van der Waals surface area contributed by atoms with Crippen molar-refractivity contribution in [1.82, 2.24) is 19.3 Å². The summed E-state index contributed by atoms with van der Waals surface area (Å²) in [5.41, 5.74) is -1.52. The Hall–Kier alpha value is -3.91. The van der Waals surface area contributed by atoms with Crippen molar-refractivity contribution in [3.63, 3.8) is 0 Å². The van der Waals surface area contributed by atoms with Crippen molar-refractivity contribution in [3.8, 4) is 5.82 Å². The lowest BCUT2D eigenvalue weighted by Gasteiger charge is -2.11. The number of aromatic nitrogens is 3. The first-order valence-corrected chi connectivity index (χ1v) is 10.7. The highest BCUT2D eigenvalue weighted by Gasteiger charge is 2.27. The minimum atomic E-state index is -4.23. The Morgan fingerprint density at radius 2 is 1.56 bits per heavy atom. The number of hydrogen-bond donors (Lipinski definition) is 2. The molecule has 0 amide bonds. The van der Waals surface area contributed by atoms with Crippen LogP contribution in [0.4, 0.5) is 17.2 Å². The second-order valence-corrected chi connectivity index (χ2v) is 8.44. The largest absolute Gasteiger partial charge is 0.369 e. The molecule has 0 unspecified atom stereocenters. The van der Waals surface area contributed by atoms with Crippen molar-refractivity contribution in [2.45, 2.75) is 18.7 Å².